The van der Waals surface area contributed by atoms with Crippen LogP contribution in [-0.2, 0) is 6.54 Å². The van der Waals surface area contributed by atoms with Crippen molar-refractivity contribution in [1.29, 1.82) is 0 Å². The second kappa shape index (κ2) is 9.89. The third-order valence-electron chi connectivity index (χ3n) is 5.35. The average Bonchev–Trinajstić information content (AvgIpc) is 3.35. The third kappa shape index (κ3) is 5.18. The molecule has 0 aliphatic heterocycles. The number of guanidine groups is 1. The Morgan fingerprint density at radius 2 is 1.92 bits per heavy atom. The highest BCUT2D eigenvalue weighted by Gasteiger charge is 2.31. The minimum absolute atomic E-state index is 0. The Labute approximate surface area is 172 Å². The lowest BCUT2D eigenvalue weighted by molar-refractivity contribution is 0.283. The van der Waals surface area contributed by atoms with Crippen molar-refractivity contribution < 1.29 is 0 Å². The van der Waals surface area contributed by atoms with Crippen LogP contribution in [0.15, 0.2) is 41.9 Å². The van der Waals surface area contributed by atoms with Crippen LogP contribution >= 0.6 is 24.0 Å². The summed E-state index contributed by atoms with van der Waals surface area (Å²) in [6.45, 7) is 4.06. The fourth-order valence-corrected chi connectivity index (χ4v) is 3.57. The van der Waals surface area contributed by atoms with E-state index in [9.17, 15) is 0 Å². The van der Waals surface area contributed by atoms with Crippen LogP contribution < -0.4 is 10.6 Å². The van der Waals surface area contributed by atoms with Gasteiger partial charge in [-0.3, -0.25) is 4.99 Å². The van der Waals surface area contributed by atoms with E-state index in [0.717, 1.165) is 24.7 Å². The first-order valence-electron chi connectivity index (χ1n) is 9.13. The van der Waals surface area contributed by atoms with Gasteiger partial charge in [0.05, 0.1) is 5.69 Å². The van der Waals surface area contributed by atoms with Crippen molar-refractivity contribution in [2.75, 3.05) is 13.6 Å². The smallest absolute Gasteiger partial charge is 0.191 e. The zero-order valence-corrected chi connectivity index (χ0v) is 17.9. The van der Waals surface area contributed by atoms with E-state index in [1.54, 1.807) is 17.3 Å². The third-order valence-corrected chi connectivity index (χ3v) is 5.35. The molecule has 1 aliphatic carbocycles. The van der Waals surface area contributed by atoms with Gasteiger partial charge < -0.3 is 10.6 Å². The summed E-state index contributed by atoms with van der Waals surface area (Å²) in [6, 6.07) is 8.29. The number of hydrogen-bond donors (Lipinski definition) is 2. The number of nitrogens with zero attached hydrogens (tertiary/aromatic N) is 4. The lowest BCUT2D eigenvalue weighted by Gasteiger charge is -2.28. The zero-order chi connectivity index (χ0) is 17.5. The molecule has 142 valence electrons. The van der Waals surface area contributed by atoms with Crippen LogP contribution in [0, 0.1) is 5.41 Å². The van der Waals surface area contributed by atoms with Gasteiger partial charge in [0.1, 0.15) is 12.7 Å². The zero-order valence-electron chi connectivity index (χ0n) is 15.6. The SMILES string of the molecule is CCC1(CNC(=NC)NCc2ccc(-n3cncn3)cc2)CCCC1.I. The second-order valence-corrected chi connectivity index (χ2v) is 6.85. The largest absolute Gasteiger partial charge is 0.356 e. The average molecular weight is 468 g/mol. The Kier molecular flexibility index (Phi) is 7.86. The highest BCUT2D eigenvalue weighted by Crippen LogP contribution is 2.40. The quantitative estimate of drug-likeness (QED) is 0.387. The molecule has 1 saturated carbocycles. The molecule has 1 fully saturated rings. The van der Waals surface area contributed by atoms with Crippen LogP contribution in [-0.4, -0.2) is 34.3 Å². The van der Waals surface area contributed by atoms with Crippen LogP contribution in [0.1, 0.15) is 44.6 Å². The van der Waals surface area contributed by atoms with Crippen molar-refractivity contribution in [3.63, 3.8) is 0 Å². The summed E-state index contributed by atoms with van der Waals surface area (Å²) in [6.07, 6.45) is 9.86. The van der Waals surface area contributed by atoms with E-state index in [-0.39, 0.29) is 24.0 Å². The summed E-state index contributed by atoms with van der Waals surface area (Å²) in [5, 5.41) is 11.1. The fourth-order valence-electron chi connectivity index (χ4n) is 3.57. The Morgan fingerprint density at radius 3 is 2.50 bits per heavy atom. The maximum absolute atomic E-state index is 4.36. The fraction of sp³-hybridized carbons (Fsp3) is 0.526. The highest BCUT2D eigenvalue weighted by molar-refractivity contribution is 14.0. The van der Waals surface area contributed by atoms with Gasteiger partial charge in [-0.1, -0.05) is 31.9 Å². The molecular weight excluding hydrogens is 439 g/mol. The van der Waals surface area contributed by atoms with E-state index >= 15 is 0 Å². The molecule has 0 bridgehead atoms. The van der Waals surface area contributed by atoms with E-state index in [1.807, 2.05) is 19.2 Å². The number of rotatable bonds is 6. The Morgan fingerprint density at radius 1 is 1.19 bits per heavy atom. The summed E-state index contributed by atoms with van der Waals surface area (Å²) in [7, 11) is 1.83. The number of aromatic nitrogens is 3. The molecule has 26 heavy (non-hydrogen) atoms. The molecule has 0 saturated heterocycles. The van der Waals surface area contributed by atoms with E-state index in [0.29, 0.717) is 5.41 Å². The summed E-state index contributed by atoms with van der Waals surface area (Å²) >= 11 is 0. The molecule has 0 spiro atoms. The molecule has 1 aliphatic rings. The predicted molar refractivity (Wildman–Crippen MR) is 116 cm³/mol. The topological polar surface area (TPSA) is 67.1 Å². The Balaban J connectivity index is 0.00000243. The Bertz CT molecular complexity index is 675. The number of hydrogen-bond acceptors (Lipinski definition) is 3. The molecule has 0 unspecified atom stereocenters. The number of nitrogens with one attached hydrogen (secondary N) is 2. The van der Waals surface area contributed by atoms with Crippen molar-refractivity contribution in [2.24, 2.45) is 10.4 Å². The molecule has 1 aromatic carbocycles. The molecule has 0 amide bonds. The van der Waals surface area contributed by atoms with Gasteiger partial charge in [-0.15, -0.1) is 24.0 Å². The maximum Gasteiger partial charge on any atom is 0.191 e. The van der Waals surface area contributed by atoms with Crippen molar-refractivity contribution in [2.45, 2.75) is 45.6 Å². The summed E-state index contributed by atoms with van der Waals surface area (Å²) < 4.78 is 1.75. The molecule has 2 aromatic rings. The maximum atomic E-state index is 4.36. The van der Waals surface area contributed by atoms with Gasteiger partial charge in [-0.25, -0.2) is 9.67 Å². The normalized spacial score (nSPS) is 16.2. The van der Waals surface area contributed by atoms with Crippen LogP contribution in [0.2, 0.25) is 0 Å². The van der Waals surface area contributed by atoms with Crippen LogP contribution in [0.4, 0.5) is 0 Å². The predicted octanol–water partition coefficient (Wildman–Crippen LogP) is 3.52. The van der Waals surface area contributed by atoms with E-state index in [1.165, 1.54) is 37.7 Å². The van der Waals surface area contributed by atoms with E-state index < -0.39 is 0 Å². The van der Waals surface area contributed by atoms with Gasteiger partial charge in [-0.05, 0) is 42.4 Å². The van der Waals surface area contributed by atoms with Gasteiger partial charge in [0.2, 0.25) is 0 Å². The van der Waals surface area contributed by atoms with Gasteiger partial charge in [0.25, 0.3) is 0 Å². The summed E-state index contributed by atoms with van der Waals surface area (Å²) in [5.74, 6) is 0.875. The first-order valence-corrected chi connectivity index (χ1v) is 9.13. The van der Waals surface area contributed by atoms with Crippen LogP contribution in [0.25, 0.3) is 5.69 Å². The lowest BCUT2D eigenvalue weighted by Crippen LogP contribution is -2.42. The molecule has 6 nitrogen and oxygen atoms in total. The number of aliphatic imine (C=N–C) groups is 1. The lowest BCUT2D eigenvalue weighted by atomic mass is 9.83. The van der Waals surface area contributed by atoms with Gasteiger partial charge in [0.15, 0.2) is 5.96 Å². The van der Waals surface area contributed by atoms with Crippen molar-refractivity contribution >= 4 is 29.9 Å². The Hall–Kier alpha value is -1.64. The molecule has 0 radical (unpaired) electrons. The summed E-state index contributed by atoms with van der Waals surface area (Å²) in [5.41, 5.74) is 2.67. The molecular formula is C19H29IN6. The second-order valence-electron chi connectivity index (χ2n) is 6.85. The molecule has 1 heterocycles. The van der Waals surface area contributed by atoms with Gasteiger partial charge in [0, 0.05) is 20.1 Å². The molecule has 2 N–H and O–H groups in total. The molecule has 3 rings (SSSR count). The highest BCUT2D eigenvalue weighted by atomic mass is 127. The molecule has 0 atom stereocenters. The van der Waals surface area contributed by atoms with E-state index in [2.05, 4.69) is 44.8 Å². The first kappa shape index (κ1) is 20.7. The monoisotopic (exact) mass is 468 g/mol. The van der Waals surface area contributed by atoms with Crippen molar-refractivity contribution in [1.82, 2.24) is 25.4 Å². The number of halogens is 1. The summed E-state index contributed by atoms with van der Waals surface area (Å²) in [4.78, 5) is 8.33. The van der Waals surface area contributed by atoms with Crippen LogP contribution in [0.5, 0.6) is 0 Å². The van der Waals surface area contributed by atoms with E-state index in [4.69, 9.17) is 0 Å². The standard InChI is InChI=1S/C19H28N6.HI/c1-3-19(10-4-5-11-19)13-23-18(20-2)22-12-16-6-8-17(9-7-16)25-15-21-14-24-25;/h6-9,14-15H,3-5,10-13H2,1-2H3,(H2,20,22,23);1H. The molecule has 7 heteroatoms. The van der Waals surface area contributed by atoms with Gasteiger partial charge >= 0.3 is 0 Å². The van der Waals surface area contributed by atoms with Crippen LogP contribution in [0.3, 0.4) is 0 Å². The number of benzene rings is 1. The van der Waals surface area contributed by atoms with Crippen molar-refractivity contribution in [3.05, 3.63) is 42.5 Å². The van der Waals surface area contributed by atoms with Crippen molar-refractivity contribution in [3.8, 4) is 5.69 Å². The minimum Gasteiger partial charge on any atom is -0.356 e. The first-order chi connectivity index (χ1) is 12.2. The van der Waals surface area contributed by atoms with Gasteiger partial charge in [-0.2, -0.15) is 5.10 Å². The minimum atomic E-state index is 0. The molecule has 1 aromatic heterocycles.